The van der Waals surface area contributed by atoms with Crippen molar-refractivity contribution in [1.29, 1.82) is 0 Å². The number of nitrogens with zero attached hydrogens (tertiary/aromatic N) is 2. The van der Waals surface area contributed by atoms with Crippen molar-refractivity contribution in [2.45, 2.75) is 10.1 Å². The SMILES string of the molecule is COc1ccc(NC(=O)Nc2nnc(SCc3cccc(F)c3)s2)cc1. The van der Waals surface area contributed by atoms with Crippen molar-refractivity contribution in [1.82, 2.24) is 10.2 Å². The number of carbonyl (C=O) groups excluding carboxylic acids is 1. The van der Waals surface area contributed by atoms with Crippen LogP contribution in [0.25, 0.3) is 0 Å². The van der Waals surface area contributed by atoms with E-state index in [-0.39, 0.29) is 5.82 Å². The fourth-order valence-corrected chi connectivity index (χ4v) is 3.71. The largest absolute Gasteiger partial charge is 0.497 e. The van der Waals surface area contributed by atoms with E-state index in [0.29, 0.717) is 26.7 Å². The third-order valence-corrected chi connectivity index (χ3v) is 5.27. The topological polar surface area (TPSA) is 76.1 Å². The van der Waals surface area contributed by atoms with Crippen molar-refractivity contribution in [3.05, 3.63) is 59.9 Å². The van der Waals surface area contributed by atoms with Crippen LogP contribution < -0.4 is 15.4 Å². The lowest BCUT2D eigenvalue weighted by atomic mass is 10.2. The molecule has 0 fully saturated rings. The van der Waals surface area contributed by atoms with Gasteiger partial charge in [-0.05, 0) is 42.0 Å². The van der Waals surface area contributed by atoms with Gasteiger partial charge >= 0.3 is 6.03 Å². The van der Waals surface area contributed by atoms with Crippen molar-refractivity contribution in [3.8, 4) is 5.75 Å². The molecular formula is C17H15FN4O2S2. The number of halogens is 1. The van der Waals surface area contributed by atoms with Crippen LogP contribution in [0.3, 0.4) is 0 Å². The third kappa shape index (κ3) is 5.17. The number of aromatic nitrogens is 2. The minimum Gasteiger partial charge on any atom is -0.497 e. The molecule has 3 rings (SSSR count). The maximum atomic E-state index is 13.2. The summed E-state index contributed by atoms with van der Waals surface area (Å²) in [4.78, 5) is 12.0. The van der Waals surface area contributed by atoms with Crippen molar-refractivity contribution >= 4 is 39.9 Å². The zero-order chi connectivity index (χ0) is 18.4. The molecule has 2 aromatic carbocycles. The van der Waals surface area contributed by atoms with Crippen LogP contribution in [0, 0.1) is 5.82 Å². The van der Waals surface area contributed by atoms with Gasteiger partial charge in [0.05, 0.1) is 7.11 Å². The van der Waals surface area contributed by atoms with Crippen LogP contribution >= 0.6 is 23.1 Å². The Morgan fingerprint density at radius 2 is 2.00 bits per heavy atom. The molecule has 0 aliphatic rings. The van der Waals surface area contributed by atoms with Gasteiger partial charge in [-0.1, -0.05) is 35.2 Å². The molecule has 0 bridgehead atoms. The van der Waals surface area contributed by atoms with Gasteiger partial charge in [0.1, 0.15) is 11.6 Å². The normalized spacial score (nSPS) is 10.4. The van der Waals surface area contributed by atoms with Gasteiger partial charge in [0.2, 0.25) is 5.13 Å². The molecule has 6 nitrogen and oxygen atoms in total. The predicted octanol–water partition coefficient (Wildman–Crippen LogP) is 4.62. The molecule has 0 atom stereocenters. The first kappa shape index (κ1) is 18.2. The lowest BCUT2D eigenvalue weighted by Crippen LogP contribution is -2.19. The molecular weight excluding hydrogens is 375 g/mol. The molecule has 3 aromatic rings. The van der Waals surface area contributed by atoms with Crippen LogP contribution in [0.15, 0.2) is 52.9 Å². The highest BCUT2D eigenvalue weighted by Gasteiger charge is 2.09. The minimum atomic E-state index is -0.409. The molecule has 0 spiro atoms. The predicted molar refractivity (Wildman–Crippen MR) is 102 cm³/mol. The number of hydrogen-bond donors (Lipinski definition) is 2. The van der Waals surface area contributed by atoms with Gasteiger partial charge in [-0.25, -0.2) is 9.18 Å². The Bertz CT molecular complexity index is 886. The smallest absolute Gasteiger partial charge is 0.325 e. The molecule has 134 valence electrons. The Morgan fingerprint density at radius 1 is 1.19 bits per heavy atom. The Morgan fingerprint density at radius 3 is 2.73 bits per heavy atom. The van der Waals surface area contributed by atoms with Crippen molar-refractivity contribution < 1.29 is 13.9 Å². The van der Waals surface area contributed by atoms with E-state index in [9.17, 15) is 9.18 Å². The van der Waals surface area contributed by atoms with Crippen LogP contribution in [0.1, 0.15) is 5.56 Å². The summed E-state index contributed by atoms with van der Waals surface area (Å²) in [6, 6.07) is 13.0. The fraction of sp³-hybridized carbons (Fsp3) is 0.118. The molecule has 9 heteroatoms. The van der Waals surface area contributed by atoms with Gasteiger partial charge < -0.3 is 10.1 Å². The molecule has 26 heavy (non-hydrogen) atoms. The summed E-state index contributed by atoms with van der Waals surface area (Å²) in [6.07, 6.45) is 0. The highest BCUT2D eigenvalue weighted by Crippen LogP contribution is 2.28. The summed E-state index contributed by atoms with van der Waals surface area (Å²) in [5, 5.41) is 13.7. The maximum absolute atomic E-state index is 13.2. The third-order valence-electron chi connectivity index (χ3n) is 3.23. The molecule has 1 heterocycles. The van der Waals surface area contributed by atoms with Gasteiger partial charge in [0, 0.05) is 11.4 Å². The second kappa shape index (κ2) is 8.63. The summed E-state index contributed by atoms with van der Waals surface area (Å²) < 4.78 is 18.9. The van der Waals surface area contributed by atoms with Crippen LogP contribution in [-0.4, -0.2) is 23.3 Å². The van der Waals surface area contributed by atoms with Crippen molar-refractivity contribution in [3.63, 3.8) is 0 Å². The lowest BCUT2D eigenvalue weighted by molar-refractivity contribution is 0.262. The number of carbonyl (C=O) groups is 1. The molecule has 0 radical (unpaired) electrons. The summed E-state index contributed by atoms with van der Waals surface area (Å²) in [7, 11) is 1.58. The van der Waals surface area contributed by atoms with Crippen molar-refractivity contribution in [2.75, 3.05) is 17.7 Å². The molecule has 0 saturated heterocycles. The number of anilines is 2. The van der Waals surface area contributed by atoms with E-state index < -0.39 is 6.03 Å². The van der Waals surface area contributed by atoms with E-state index in [0.717, 1.165) is 5.56 Å². The molecule has 2 N–H and O–H groups in total. The van der Waals surface area contributed by atoms with Gasteiger partial charge in [0.25, 0.3) is 0 Å². The maximum Gasteiger partial charge on any atom is 0.325 e. The monoisotopic (exact) mass is 390 g/mol. The number of benzene rings is 2. The zero-order valence-corrected chi connectivity index (χ0v) is 15.4. The first-order valence-electron chi connectivity index (χ1n) is 7.55. The van der Waals surface area contributed by atoms with E-state index in [1.54, 1.807) is 37.4 Å². The zero-order valence-electron chi connectivity index (χ0n) is 13.7. The Hall–Kier alpha value is -2.65. The van der Waals surface area contributed by atoms with Gasteiger partial charge in [0.15, 0.2) is 4.34 Å². The Balaban J connectivity index is 1.51. The van der Waals surface area contributed by atoms with Crippen LogP contribution in [0.5, 0.6) is 5.75 Å². The average Bonchev–Trinajstić information content (AvgIpc) is 3.08. The van der Waals surface area contributed by atoms with Gasteiger partial charge in [-0.15, -0.1) is 10.2 Å². The fourth-order valence-electron chi connectivity index (χ4n) is 2.02. The number of amides is 2. The van der Waals surface area contributed by atoms with Gasteiger partial charge in [-0.2, -0.15) is 0 Å². The Kier molecular flexibility index (Phi) is 6.03. The average molecular weight is 390 g/mol. The van der Waals surface area contributed by atoms with Crippen molar-refractivity contribution in [2.24, 2.45) is 0 Å². The van der Waals surface area contributed by atoms with E-state index in [4.69, 9.17) is 4.74 Å². The first-order valence-corrected chi connectivity index (χ1v) is 9.35. The number of hydrogen-bond acceptors (Lipinski definition) is 6. The quantitative estimate of drug-likeness (QED) is 0.474. The summed E-state index contributed by atoms with van der Waals surface area (Å²) in [5.41, 5.74) is 1.49. The molecule has 0 saturated carbocycles. The van der Waals surface area contributed by atoms with Crippen LogP contribution in [-0.2, 0) is 5.75 Å². The number of urea groups is 1. The highest BCUT2D eigenvalue weighted by atomic mass is 32.2. The second-order valence-electron chi connectivity index (χ2n) is 5.10. The number of methoxy groups -OCH3 is 1. The molecule has 2 amide bonds. The summed E-state index contributed by atoms with van der Waals surface area (Å²) >= 11 is 2.69. The second-order valence-corrected chi connectivity index (χ2v) is 7.30. The van der Waals surface area contributed by atoms with E-state index in [2.05, 4.69) is 20.8 Å². The minimum absolute atomic E-state index is 0.266. The van der Waals surface area contributed by atoms with E-state index >= 15 is 0 Å². The summed E-state index contributed by atoms with van der Waals surface area (Å²) in [5.74, 6) is 1.02. The standard InChI is InChI=1S/C17H15FN4O2S2/c1-24-14-7-5-13(6-8-14)19-15(23)20-16-21-22-17(26-16)25-10-11-3-2-4-12(18)9-11/h2-9H,10H2,1H3,(H2,19,20,21,23). The number of thioether (sulfide) groups is 1. The first-order chi connectivity index (χ1) is 12.6. The Labute approximate surface area is 157 Å². The number of nitrogens with one attached hydrogen (secondary N) is 2. The molecule has 0 aliphatic heterocycles. The van der Waals surface area contributed by atoms with E-state index in [1.165, 1.54) is 35.2 Å². The number of rotatable bonds is 6. The van der Waals surface area contributed by atoms with E-state index in [1.807, 2.05) is 6.07 Å². The highest BCUT2D eigenvalue weighted by molar-refractivity contribution is 8.00. The van der Waals surface area contributed by atoms with Crippen LogP contribution in [0.2, 0.25) is 0 Å². The molecule has 0 unspecified atom stereocenters. The van der Waals surface area contributed by atoms with Gasteiger partial charge in [-0.3, -0.25) is 5.32 Å². The summed E-state index contributed by atoms with van der Waals surface area (Å²) in [6.45, 7) is 0. The molecule has 0 aliphatic carbocycles. The lowest BCUT2D eigenvalue weighted by Gasteiger charge is -2.05. The number of ether oxygens (including phenoxy) is 1. The molecule has 1 aromatic heterocycles. The van der Waals surface area contributed by atoms with Crippen LogP contribution in [0.4, 0.5) is 20.0 Å².